The summed E-state index contributed by atoms with van der Waals surface area (Å²) < 4.78 is 10.9. The Balaban J connectivity index is 2.13. The van der Waals surface area contributed by atoms with Crippen molar-refractivity contribution in [3.63, 3.8) is 0 Å². The van der Waals surface area contributed by atoms with Gasteiger partial charge in [-0.2, -0.15) is 0 Å². The second-order valence-electron chi connectivity index (χ2n) is 3.25. The molecule has 0 amide bonds. The molecule has 0 aromatic carbocycles. The van der Waals surface area contributed by atoms with Crippen LogP contribution in [-0.4, -0.2) is 23.4 Å². The van der Waals surface area contributed by atoms with E-state index in [1.165, 1.54) is 28.1 Å². The summed E-state index contributed by atoms with van der Waals surface area (Å²) in [7, 11) is 0. The van der Waals surface area contributed by atoms with Crippen LogP contribution in [-0.2, 0) is 0 Å². The third-order valence-corrected chi connectivity index (χ3v) is 4.31. The van der Waals surface area contributed by atoms with Gasteiger partial charge in [0, 0.05) is 10.8 Å². The van der Waals surface area contributed by atoms with E-state index >= 15 is 0 Å². The largest absolute Gasteiger partial charge is 0.504 e. The highest BCUT2D eigenvalue weighted by molar-refractivity contribution is 7.21. The maximum Gasteiger partial charge on any atom is 0.180 e. The van der Waals surface area contributed by atoms with Crippen LogP contribution in [0.2, 0.25) is 0 Å². The molecule has 0 saturated heterocycles. The summed E-state index contributed by atoms with van der Waals surface area (Å²) in [5.74, 6) is 1.18. The topological polar surface area (TPSA) is 58.9 Å². The molecule has 0 saturated carbocycles. The summed E-state index contributed by atoms with van der Waals surface area (Å²) in [6.45, 7) is 1.06. The first-order valence-corrected chi connectivity index (χ1v) is 6.40. The molecule has 1 aliphatic heterocycles. The molecule has 16 heavy (non-hydrogen) atoms. The Labute approximate surface area is 99.3 Å². The maximum absolute atomic E-state index is 9.68. The van der Waals surface area contributed by atoms with Gasteiger partial charge in [0.25, 0.3) is 0 Å². The van der Waals surface area contributed by atoms with Crippen molar-refractivity contribution in [2.45, 2.75) is 0 Å². The van der Waals surface area contributed by atoms with Crippen molar-refractivity contribution in [1.29, 1.82) is 0 Å². The van der Waals surface area contributed by atoms with Gasteiger partial charge in [-0.25, -0.2) is 0 Å². The highest BCUT2D eigenvalue weighted by atomic mass is 32.1. The van der Waals surface area contributed by atoms with E-state index in [2.05, 4.69) is 0 Å². The van der Waals surface area contributed by atoms with Crippen LogP contribution in [0.5, 0.6) is 23.0 Å². The maximum atomic E-state index is 9.68. The van der Waals surface area contributed by atoms with Crippen molar-refractivity contribution in [2.24, 2.45) is 0 Å². The molecule has 2 aromatic rings. The van der Waals surface area contributed by atoms with Crippen LogP contribution in [0.15, 0.2) is 10.8 Å². The van der Waals surface area contributed by atoms with E-state index in [4.69, 9.17) is 9.47 Å². The van der Waals surface area contributed by atoms with Crippen LogP contribution >= 0.6 is 22.7 Å². The summed E-state index contributed by atoms with van der Waals surface area (Å²) in [6, 6.07) is 0. The Morgan fingerprint density at radius 1 is 1.00 bits per heavy atom. The minimum absolute atomic E-state index is 0.0937. The molecule has 0 spiro atoms. The van der Waals surface area contributed by atoms with Gasteiger partial charge < -0.3 is 19.7 Å². The van der Waals surface area contributed by atoms with E-state index in [-0.39, 0.29) is 11.5 Å². The molecule has 3 heterocycles. The third kappa shape index (κ3) is 1.34. The van der Waals surface area contributed by atoms with E-state index in [0.29, 0.717) is 29.6 Å². The van der Waals surface area contributed by atoms with Crippen molar-refractivity contribution < 1.29 is 19.7 Å². The molecular formula is C10H8O4S2. The monoisotopic (exact) mass is 256 g/mol. The lowest BCUT2D eigenvalue weighted by molar-refractivity contribution is 0.174. The Morgan fingerprint density at radius 3 is 2.50 bits per heavy atom. The fourth-order valence-electron chi connectivity index (χ4n) is 1.52. The third-order valence-electron chi connectivity index (χ3n) is 2.25. The van der Waals surface area contributed by atoms with Gasteiger partial charge in [-0.05, 0) is 0 Å². The summed E-state index contributed by atoms with van der Waals surface area (Å²) in [5, 5.41) is 22.4. The fraction of sp³-hybridized carbons (Fsp3) is 0.200. The lowest BCUT2D eigenvalue weighted by Crippen LogP contribution is -2.14. The molecule has 84 valence electrons. The number of rotatable bonds is 1. The molecule has 0 atom stereocenters. The minimum Gasteiger partial charge on any atom is -0.504 e. The molecule has 0 bridgehead atoms. The van der Waals surface area contributed by atoms with Gasteiger partial charge in [-0.1, -0.05) is 0 Å². The predicted molar refractivity (Wildman–Crippen MR) is 62.0 cm³/mol. The van der Waals surface area contributed by atoms with Crippen molar-refractivity contribution >= 4 is 22.7 Å². The number of thiophene rings is 2. The lowest BCUT2D eigenvalue weighted by atomic mass is 10.3. The van der Waals surface area contributed by atoms with Crippen LogP contribution in [0.1, 0.15) is 0 Å². The molecule has 0 unspecified atom stereocenters. The van der Waals surface area contributed by atoms with Gasteiger partial charge in [-0.15, -0.1) is 22.7 Å². The SMILES string of the molecule is Oc1csc(-c2scc3c2OCCO3)c1O. The zero-order chi connectivity index (χ0) is 11.1. The minimum atomic E-state index is -0.0983. The van der Waals surface area contributed by atoms with Gasteiger partial charge in [0.2, 0.25) is 0 Å². The van der Waals surface area contributed by atoms with Crippen molar-refractivity contribution in [3.8, 4) is 32.8 Å². The molecule has 3 rings (SSSR count). The normalized spacial score (nSPS) is 14.0. The van der Waals surface area contributed by atoms with E-state index < -0.39 is 0 Å². The van der Waals surface area contributed by atoms with E-state index in [1.807, 2.05) is 5.38 Å². The second-order valence-corrected chi connectivity index (χ2v) is 5.01. The summed E-state index contributed by atoms with van der Waals surface area (Å²) >= 11 is 2.72. The van der Waals surface area contributed by atoms with Crippen LogP contribution in [0.25, 0.3) is 9.75 Å². The molecule has 0 radical (unpaired) electrons. The van der Waals surface area contributed by atoms with E-state index in [1.54, 1.807) is 0 Å². The van der Waals surface area contributed by atoms with E-state index in [0.717, 1.165) is 4.88 Å². The van der Waals surface area contributed by atoms with Crippen LogP contribution in [0, 0.1) is 0 Å². The Kier molecular flexibility index (Phi) is 2.19. The number of hydrogen-bond donors (Lipinski definition) is 2. The Morgan fingerprint density at radius 2 is 1.75 bits per heavy atom. The Bertz CT molecular complexity index is 529. The highest BCUT2D eigenvalue weighted by Crippen LogP contribution is 2.52. The van der Waals surface area contributed by atoms with Crippen LogP contribution in [0.3, 0.4) is 0 Å². The van der Waals surface area contributed by atoms with Gasteiger partial charge in [0.15, 0.2) is 23.0 Å². The molecule has 1 aliphatic rings. The van der Waals surface area contributed by atoms with Gasteiger partial charge in [-0.3, -0.25) is 0 Å². The summed E-state index contributed by atoms with van der Waals surface area (Å²) in [4.78, 5) is 1.42. The predicted octanol–water partition coefficient (Wildman–Crippen LogP) is 2.66. The molecule has 2 N–H and O–H groups in total. The number of fused-ring (bicyclic) bond motifs is 1. The number of hydrogen-bond acceptors (Lipinski definition) is 6. The molecule has 0 aliphatic carbocycles. The molecule has 4 nitrogen and oxygen atoms in total. The molecule has 0 fully saturated rings. The van der Waals surface area contributed by atoms with Crippen molar-refractivity contribution in [1.82, 2.24) is 0 Å². The zero-order valence-electron chi connectivity index (χ0n) is 8.10. The molecule has 2 aromatic heterocycles. The van der Waals surface area contributed by atoms with Crippen LogP contribution in [0.4, 0.5) is 0 Å². The fourth-order valence-corrected chi connectivity index (χ4v) is 3.44. The highest BCUT2D eigenvalue weighted by Gasteiger charge is 2.23. The van der Waals surface area contributed by atoms with Crippen LogP contribution < -0.4 is 9.47 Å². The lowest BCUT2D eigenvalue weighted by Gasteiger charge is -2.15. The standard InChI is InChI=1S/C10H8O4S2/c11-5-3-15-9(7(5)12)10-8-6(4-16-10)13-1-2-14-8/h3-4,11-12H,1-2H2. The smallest absolute Gasteiger partial charge is 0.180 e. The first-order valence-electron chi connectivity index (χ1n) is 4.64. The van der Waals surface area contributed by atoms with Gasteiger partial charge in [0.1, 0.15) is 13.2 Å². The Hall–Kier alpha value is -1.40. The number of aromatic hydroxyl groups is 2. The average molecular weight is 256 g/mol. The summed E-state index contributed by atoms with van der Waals surface area (Å²) in [6.07, 6.45) is 0. The van der Waals surface area contributed by atoms with Gasteiger partial charge >= 0.3 is 0 Å². The quantitative estimate of drug-likeness (QED) is 0.823. The van der Waals surface area contributed by atoms with Gasteiger partial charge in [0.05, 0.1) is 9.75 Å². The first-order chi connectivity index (χ1) is 7.77. The molecule has 6 heteroatoms. The summed E-state index contributed by atoms with van der Waals surface area (Å²) in [5.41, 5.74) is 0. The second kappa shape index (κ2) is 3.57. The molecular weight excluding hydrogens is 248 g/mol. The number of ether oxygens (including phenoxy) is 2. The van der Waals surface area contributed by atoms with Crippen molar-refractivity contribution in [3.05, 3.63) is 10.8 Å². The zero-order valence-corrected chi connectivity index (χ0v) is 9.73. The first kappa shape index (κ1) is 9.80. The average Bonchev–Trinajstić information content (AvgIpc) is 2.85. The van der Waals surface area contributed by atoms with Crippen molar-refractivity contribution in [2.75, 3.05) is 13.2 Å². The van der Waals surface area contributed by atoms with E-state index in [9.17, 15) is 10.2 Å².